The monoisotopic (exact) mass is 337 g/mol. The van der Waals surface area contributed by atoms with Crippen molar-refractivity contribution >= 4 is 11.3 Å². The highest BCUT2D eigenvalue weighted by Crippen LogP contribution is 2.23. The van der Waals surface area contributed by atoms with E-state index < -0.39 is 0 Å². The molecular formula is C15H23N5O2S. The van der Waals surface area contributed by atoms with Crippen LogP contribution in [-0.4, -0.2) is 57.8 Å². The fourth-order valence-corrected chi connectivity index (χ4v) is 3.60. The molecule has 1 saturated heterocycles. The zero-order chi connectivity index (χ0) is 16.2. The second kappa shape index (κ2) is 7.37. The van der Waals surface area contributed by atoms with Gasteiger partial charge in [0.1, 0.15) is 10.8 Å². The van der Waals surface area contributed by atoms with Gasteiger partial charge in [0.15, 0.2) is 0 Å². The molecule has 2 aromatic rings. The molecule has 1 unspecified atom stereocenters. The number of hydrogen-bond acceptors (Lipinski definition) is 8. The van der Waals surface area contributed by atoms with E-state index in [2.05, 4.69) is 32.0 Å². The van der Waals surface area contributed by atoms with Gasteiger partial charge in [0.05, 0.1) is 25.9 Å². The molecule has 7 nitrogen and oxygen atoms in total. The highest BCUT2D eigenvalue weighted by atomic mass is 32.1. The fourth-order valence-electron chi connectivity index (χ4n) is 2.81. The van der Waals surface area contributed by atoms with Crippen LogP contribution in [0.25, 0.3) is 0 Å². The molecule has 8 heteroatoms. The molecule has 0 aromatic carbocycles. The van der Waals surface area contributed by atoms with Crippen LogP contribution in [0, 0.1) is 6.92 Å². The topological polar surface area (TPSA) is 67.5 Å². The largest absolute Gasteiger partial charge is 0.469 e. The lowest BCUT2D eigenvalue weighted by Gasteiger charge is -2.23. The molecule has 1 aliphatic rings. The Morgan fingerprint density at radius 2 is 2.35 bits per heavy atom. The van der Waals surface area contributed by atoms with Crippen LogP contribution >= 0.6 is 11.3 Å². The van der Waals surface area contributed by atoms with Crippen molar-refractivity contribution in [3.63, 3.8) is 0 Å². The standard InChI is InChI=1S/C15H23N5O2S/c1-4-21-15-18-17-14(23-15)10-20-6-5-12(8-20)19(3)9-13-16-7-11(2)22-13/h7,12H,4-6,8-10H2,1-3H3. The van der Waals surface area contributed by atoms with Gasteiger partial charge in [0.2, 0.25) is 5.89 Å². The number of ether oxygens (including phenoxy) is 1. The quantitative estimate of drug-likeness (QED) is 0.765. The smallest absolute Gasteiger partial charge is 0.294 e. The Morgan fingerprint density at radius 3 is 3.09 bits per heavy atom. The normalized spacial score (nSPS) is 18.9. The number of oxazole rings is 1. The molecule has 0 saturated carbocycles. The molecule has 3 rings (SSSR count). The summed E-state index contributed by atoms with van der Waals surface area (Å²) in [5.41, 5.74) is 0. The molecule has 0 bridgehead atoms. The maximum atomic E-state index is 5.57. The van der Waals surface area contributed by atoms with E-state index in [0.717, 1.165) is 49.3 Å². The zero-order valence-corrected chi connectivity index (χ0v) is 14.7. The van der Waals surface area contributed by atoms with E-state index >= 15 is 0 Å². The highest BCUT2D eigenvalue weighted by Gasteiger charge is 2.27. The average molecular weight is 337 g/mol. The van der Waals surface area contributed by atoms with E-state index in [1.165, 1.54) is 11.3 Å². The molecule has 0 aliphatic carbocycles. The van der Waals surface area contributed by atoms with Crippen LogP contribution in [0.4, 0.5) is 0 Å². The Kier molecular flexibility index (Phi) is 5.24. The highest BCUT2D eigenvalue weighted by molar-refractivity contribution is 7.13. The minimum absolute atomic E-state index is 0.515. The summed E-state index contributed by atoms with van der Waals surface area (Å²) in [5.74, 6) is 1.65. The first-order chi connectivity index (χ1) is 11.1. The fraction of sp³-hybridized carbons (Fsp3) is 0.667. The number of rotatable bonds is 7. The van der Waals surface area contributed by atoms with Crippen molar-refractivity contribution in [3.05, 3.63) is 22.9 Å². The molecular weight excluding hydrogens is 314 g/mol. The third kappa shape index (κ3) is 4.27. The van der Waals surface area contributed by atoms with Crippen LogP contribution in [-0.2, 0) is 13.1 Å². The first-order valence-corrected chi connectivity index (χ1v) is 8.74. The second-order valence-corrected chi connectivity index (χ2v) is 6.88. The Hall–Kier alpha value is -1.51. The molecule has 1 atom stereocenters. The molecule has 23 heavy (non-hydrogen) atoms. The second-order valence-electron chi connectivity index (χ2n) is 5.85. The summed E-state index contributed by atoms with van der Waals surface area (Å²) in [6.45, 7) is 8.20. The van der Waals surface area contributed by atoms with Crippen LogP contribution in [0.3, 0.4) is 0 Å². The summed E-state index contributed by atoms with van der Waals surface area (Å²) in [4.78, 5) is 9.01. The van der Waals surface area contributed by atoms with Gasteiger partial charge in [-0.2, -0.15) is 0 Å². The van der Waals surface area contributed by atoms with E-state index in [1.807, 2.05) is 13.8 Å². The first kappa shape index (κ1) is 16.4. The molecule has 0 spiro atoms. The molecule has 1 fully saturated rings. The SMILES string of the molecule is CCOc1nnc(CN2CCC(N(C)Cc3ncc(C)o3)C2)s1. The summed E-state index contributed by atoms with van der Waals surface area (Å²) in [5, 5.41) is 9.93. The zero-order valence-electron chi connectivity index (χ0n) is 13.9. The van der Waals surface area contributed by atoms with Crippen molar-refractivity contribution in [2.75, 3.05) is 26.7 Å². The molecule has 0 radical (unpaired) electrons. The van der Waals surface area contributed by atoms with E-state index in [9.17, 15) is 0 Å². The van der Waals surface area contributed by atoms with Crippen LogP contribution in [0.5, 0.6) is 5.19 Å². The van der Waals surface area contributed by atoms with Crippen LogP contribution in [0.1, 0.15) is 30.0 Å². The maximum absolute atomic E-state index is 5.57. The van der Waals surface area contributed by atoms with Crippen molar-refractivity contribution in [1.82, 2.24) is 25.0 Å². The van der Waals surface area contributed by atoms with Crippen LogP contribution < -0.4 is 4.74 Å². The summed E-state index contributed by atoms with van der Waals surface area (Å²) in [6.07, 6.45) is 2.92. The lowest BCUT2D eigenvalue weighted by Crippen LogP contribution is -2.34. The lowest BCUT2D eigenvalue weighted by molar-refractivity contribution is 0.204. The maximum Gasteiger partial charge on any atom is 0.294 e. The predicted molar refractivity (Wildman–Crippen MR) is 87.5 cm³/mol. The van der Waals surface area contributed by atoms with Gasteiger partial charge in [0.25, 0.3) is 5.19 Å². The van der Waals surface area contributed by atoms with Gasteiger partial charge in [-0.3, -0.25) is 9.80 Å². The van der Waals surface area contributed by atoms with E-state index in [4.69, 9.17) is 9.15 Å². The van der Waals surface area contributed by atoms with Gasteiger partial charge < -0.3 is 9.15 Å². The van der Waals surface area contributed by atoms with Gasteiger partial charge in [-0.05, 0) is 27.3 Å². The van der Waals surface area contributed by atoms with E-state index in [0.29, 0.717) is 17.8 Å². The van der Waals surface area contributed by atoms with E-state index in [-0.39, 0.29) is 0 Å². The Balaban J connectivity index is 1.49. The molecule has 1 aliphatic heterocycles. The molecule has 3 heterocycles. The third-order valence-corrected chi connectivity index (χ3v) is 4.82. The van der Waals surface area contributed by atoms with Gasteiger partial charge in [-0.1, -0.05) is 11.3 Å². The Labute approximate surface area is 140 Å². The summed E-state index contributed by atoms with van der Waals surface area (Å²) in [7, 11) is 2.13. The van der Waals surface area contributed by atoms with Crippen LogP contribution in [0.2, 0.25) is 0 Å². The molecule has 126 valence electrons. The summed E-state index contributed by atoms with van der Waals surface area (Å²) >= 11 is 1.53. The number of aryl methyl sites for hydroxylation is 1. The minimum atomic E-state index is 0.515. The van der Waals surface area contributed by atoms with Crippen molar-refractivity contribution in [1.29, 1.82) is 0 Å². The van der Waals surface area contributed by atoms with Gasteiger partial charge in [-0.15, -0.1) is 10.2 Å². The number of hydrogen-bond donors (Lipinski definition) is 0. The number of likely N-dealkylation sites (N-methyl/N-ethyl adjacent to an activating group) is 1. The summed E-state index contributed by atoms with van der Waals surface area (Å²) < 4.78 is 10.9. The Bertz CT molecular complexity index is 629. The number of nitrogens with zero attached hydrogens (tertiary/aromatic N) is 5. The van der Waals surface area contributed by atoms with Gasteiger partial charge >= 0.3 is 0 Å². The number of aromatic nitrogens is 3. The van der Waals surface area contributed by atoms with Crippen molar-refractivity contribution in [2.45, 2.75) is 39.4 Å². The molecule has 0 N–H and O–H groups in total. The first-order valence-electron chi connectivity index (χ1n) is 7.93. The van der Waals surface area contributed by atoms with Crippen molar-refractivity contribution in [3.8, 4) is 5.19 Å². The molecule has 2 aromatic heterocycles. The minimum Gasteiger partial charge on any atom is -0.469 e. The van der Waals surface area contributed by atoms with Gasteiger partial charge in [-0.25, -0.2) is 4.98 Å². The lowest BCUT2D eigenvalue weighted by atomic mass is 10.2. The van der Waals surface area contributed by atoms with Gasteiger partial charge in [0, 0.05) is 19.1 Å². The third-order valence-electron chi connectivity index (χ3n) is 4.00. The van der Waals surface area contributed by atoms with Crippen molar-refractivity contribution < 1.29 is 9.15 Å². The molecule has 0 amide bonds. The average Bonchev–Trinajstić information content (AvgIpc) is 3.23. The van der Waals surface area contributed by atoms with Crippen molar-refractivity contribution in [2.24, 2.45) is 0 Å². The van der Waals surface area contributed by atoms with E-state index in [1.54, 1.807) is 6.20 Å². The number of likely N-dealkylation sites (tertiary alicyclic amines) is 1. The summed E-state index contributed by atoms with van der Waals surface area (Å²) in [6, 6.07) is 0.515. The predicted octanol–water partition coefficient (Wildman–Crippen LogP) is 1.94. The Morgan fingerprint density at radius 1 is 1.48 bits per heavy atom. The van der Waals surface area contributed by atoms with Crippen LogP contribution in [0.15, 0.2) is 10.6 Å².